The molecule has 6 nitrogen and oxygen atoms in total. The van der Waals surface area contributed by atoms with Crippen molar-refractivity contribution in [2.75, 3.05) is 13.2 Å². The summed E-state index contributed by atoms with van der Waals surface area (Å²) in [5.74, 6) is -0.857. The van der Waals surface area contributed by atoms with Crippen LogP contribution >= 0.6 is 0 Å². The fourth-order valence-corrected chi connectivity index (χ4v) is 9.71. The van der Waals surface area contributed by atoms with Gasteiger partial charge in [-0.3, -0.25) is 14.4 Å². The molecule has 1 atom stereocenters. The van der Waals surface area contributed by atoms with Crippen molar-refractivity contribution in [2.24, 2.45) is 0 Å². The normalized spacial score (nSPS) is 12.2. The van der Waals surface area contributed by atoms with Gasteiger partial charge in [0.1, 0.15) is 13.2 Å². The first-order valence-corrected chi connectivity index (χ1v) is 32.5. The van der Waals surface area contributed by atoms with Crippen molar-refractivity contribution in [3.63, 3.8) is 0 Å². The van der Waals surface area contributed by atoms with E-state index in [4.69, 9.17) is 14.2 Å². The molecule has 0 fully saturated rings. The van der Waals surface area contributed by atoms with Crippen molar-refractivity contribution in [1.82, 2.24) is 0 Å². The lowest BCUT2D eigenvalue weighted by atomic mass is 10.0. The standard InChI is InChI=1S/C67H124O6/c1-4-7-10-13-16-19-22-25-27-28-29-30-31-32-33-34-35-36-37-38-39-40-41-43-45-48-51-54-57-60-66(69)72-63-64(62-71-65(68)59-56-53-50-47-44-24-21-18-15-12-9-6-3)73-67(70)61-58-55-52-49-46-42-26-23-20-17-14-11-8-5-2/h18,21-22,25,28-29,64H,4-17,19-20,23-24,26-27,30-63H2,1-3H3/b21-18-,25-22-,29-28-. The van der Waals surface area contributed by atoms with E-state index in [-0.39, 0.29) is 31.1 Å². The Morgan fingerprint density at radius 1 is 0.274 bits per heavy atom. The average Bonchev–Trinajstić information content (AvgIpc) is 3.39. The van der Waals surface area contributed by atoms with Crippen LogP contribution in [0, 0.1) is 0 Å². The lowest BCUT2D eigenvalue weighted by Gasteiger charge is -2.18. The fourth-order valence-electron chi connectivity index (χ4n) is 9.71. The van der Waals surface area contributed by atoms with Crippen LogP contribution in [0.3, 0.4) is 0 Å². The zero-order valence-corrected chi connectivity index (χ0v) is 49.2. The van der Waals surface area contributed by atoms with Crippen molar-refractivity contribution in [1.29, 1.82) is 0 Å². The molecule has 0 N–H and O–H groups in total. The molecule has 6 heteroatoms. The topological polar surface area (TPSA) is 78.9 Å². The Morgan fingerprint density at radius 2 is 0.493 bits per heavy atom. The lowest BCUT2D eigenvalue weighted by molar-refractivity contribution is -0.167. The number of hydrogen-bond acceptors (Lipinski definition) is 6. The predicted octanol–water partition coefficient (Wildman–Crippen LogP) is 22.0. The van der Waals surface area contributed by atoms with Gasteiger partial charge in [0.15, 0.2) is 6.10 Å². The molecule has 1 unspecified atom stereocenters. The summed E-state index contributed by atoms with van der Waals surface area (Å²) < 4.78 is 16.9. The number of esters is 3. The summed E-state index contributed by atoms with van der Waals surface area (Å²) in [7, 11) is 0. The molecule has 0 spiro atoms. The van der Waals surface area contributed by atoms with Crippen LogP contribution in [0.2, 0.25) is 0 Å². The average molecular weight is 1030 g/mol. The van der Waals surface area contributed by atoms with Crippen LogP contribution in [0.5, 0.6) is 0 Å². The highest BCUT2D eigenvalue weighted by atomic mass is 16.6. The van der Waals surface area contributed by atoms with Gasteiger partial charge in [-0.25, -0.2) is 0 Å². The van der Waals surface area contributed by atoms with Gasteiger partial charge in [-0.2, -0.15) is 0 Å². The minimum absolute atomic E-state index is 0.0695. The predicted molar refractivity (Wildman–Crippen MR) is 316 cm³/mol. The maximum absolute atomic E-state index is 12.9. The summed E-state index contributed by atoms with van der Waals surface area (Å²) in [6.07, 6.45) is 75.9. The van der Waals surface area contributed by atoms with E-state index < -0.39 is 6.10 Å². The summed E-state index contributed by atoms with van der Waals surface area (Å²) in [5, 5.41) is 0. The number of hydrogen-bond donors (Lipinski definition) is 0. The monoisotopic (exact) mass is 1020 g/mol. The van der Waals surface area contributed by atoms with Crippen molar-refractivity contribution in [2.45, 2.75) is 361 Å². The number of carbonyl (C=O) groups excluding carboxylic acids is 3. The third-order valence-electron chi connectivity index (χ3n) is 14.6. The molecule has 0 aliphatic rings. The molecule has 0 saturated carbocycles. The van der Waals surface area contributed by atoms with Crippen LogP contribution in [-0.4, -0.2) is 37.2 Å². The molecule has 428 valence electrons. The number of rotatable bonds is 60. The van der Waals surface area contributed by atoms with Crippen LogP contribution in [0.4, 0.5) is 0 Å². The Morgan fingerprint density at radius 3 is 0.795 bits per heavy atom. The minimum Gasteiger partial charge on any atom is -0.462 e. The second-order valence-corrected chi connectivity index (χ2v) is 22.0. The molecule has 0 heterocycles. The quantitative estimate of drug-likeness (QED) is 0.0261. The minimum atomic E-state index is -0.771. The van der Waals surface area contributed by atoms with Gasteiger partial charge in [-0.1, -0.05) is 295 Å². The number of carbonyl (C=O) groups is 3. The van der Waals surface area contributed by atoms with Crippen molar-refractivity contribution >= 4 is 17.9 Å². The van der Waals surface area contributed by atoms with E-state index in [1.807, 2.05) is 0 Å². The van der Waals surface area contributed by atoms with E-state index >= 15 is 0 Å². The zero-order chi connectivity index (χ0) is 52.9. The largest absolute Gasteiger partial charge is 0.462 e. The van der Waals surface area contributed by atoms with E-state index in [9.17, 15) is 14.4 Å². The number of ether oxygens (including phenoxy) is 3. The van der Waals surface area contributed by atoms with Gasteiger partial charge in [0.25, 0.3) is 0 Å². The van der Waals surface area contributed by atoms with Crippen LogP contribution in [-0.2, 0) is 28.6 Å². The summed E-state index contributed by atoms with van der Waals surface area (Å²) in [6, 6.07) is 0. The number of allylic oxidation sites excluding steroid dienone is 6. The Kier molecular flexibility index (Phi) is 60.2. The molecule has 0 radical (unpaired) electrons. The van der Waals surface area contributed by atoms with Crippen molar-refractivity contribution in [3.8, 4) is 0 Å². The molecule has 0 bridgehead atoms. The smallest absolute Gasteiger partial charge is 0.306 e. The van der Waals surface area contributed by atoms with E-state index in [1.54, 1.807) is 0 Å². The molecular formula is C67H124O6. The maximum Gasteiger partial charge on any atom is 0.306 e. The van der Waals surface area contributed by atoms with Gasteiger partial charge in [0.2, 0.25) is 0 Å². The zero-order valence-electron chi connectivity index (χ0n) is 49.2. The molecule has 0 aliphatic carbocycles. The summed E-state index contributed by atoms with van der Waals surface area (Å²) >= 11 is 0. The summed E-state index contributed by atoms with van der Waals surface area (Å²) in [4.78, 5) is 38.2. The summed E-state index contributed by atoms with van der Waals surface area (Å²) in [5.41, 5.74) is 0. The molecule has 0 aromatic rings. The Hall–Kier alpha value is -2.37. The van der Waals surface area contributed by atoms with Gasteiger partial charge in [-0.05, 0) is 77.0 Å². The Balaban J connectivity index is 4.13. The molecule has 0 aromatic carbocycles. The van der Waals surface area contributed by atoms with Crippen LogP contribution in [0.1, 0.15) is 355 Å². The van der Waals surface area contributed by atoms with E-state index in [2.05, 4.69) is 57.2 Å². The molecule has 0 aromatic heterocycles. The second-order valence-electron chi connectivity index (χ2n) is 22.0. The first-order chi connectivity index (χ1) is 36.0. The second kappa shape index (κ2) is 62.2. The van der Waals surface area contributed by atoms with E-state index in [1.165, 1.54) is 244 Å². The fraction of sp³-hybridized carbons (Fsp3) is 0.866. The van der Waals surface area contributed by atoms with Gasteiger partial charge >= 0.3 is 17.9 Å². The highest BCUT2D eigenvalue weighted by Crippen LogP contribution is 2.18. The summed E-state index contributed by atoms with van der Waals surface area (Å²) in [6.45, 7) is 6.65. The van der Waals surface area contributed by atoms with Gasteiger partial charge in [0.05, 0.1) is 0 Å². The lowest BCUT2D eigenvalue weighted by Crippen LogP contribution is -2.30. The van der Waals surface area contributed by atoms with Gasteiger partial charge in [0, 0.05) is 19.3 Å². The van der Waals surface area contributed by atoms with Crippen LogP contribution < -0.4 is 0 Å². The van der Waals surface area contributed by atoms with Gasteiger partial charge in [-0.15, -0.1) is 0 Å². The first-order valence-electron chi connectivity index (χ1n) is 32.5. The Labute approximate surface area is 455 Å². The Bertz CT molecular complexity index is 1220. The first kappa shape index (κ1) is 70.6. The maximum atomic E-state index is 12.9. The highest BCUT2D eigenvalue weighted by Gasteiger charge is 2.19. The molecular weight excluding hydrogens is 901 g/mol. The SMILES string of the molecule is CCCCC/C=C\CCCCCCCC(=O)OCC(COC(=O)CCCCCCCCCCCCCCCCCCC/C=C\C/C=C\CCCCCCC)OC(=O)CCCCCCCCCCCCCCCC. The van der Waals surface area contributed by atoms with Crippen LogP contribution in [0.15, 0.2) is 36.5 Å². The highest BCUT2D eigenvalue weighted by molar-refractivity contribution is 5.71. The third-order valence-corrected chi connectivity index (χ3v) is 14.6. The number of unbranched alkanes of at least 4 members (excludes halogenated alkanes) is 43. The molecule has 73 heavy (non-hydrogen) atoms. The van der Waals surface area contributed by atoms with Crippen LogP contribution in [0.25, 0.3) is 0 Å². The molecule has 0 saturated heterocycles. The third kappa shape index (κ3) is 60.4. The molecule has 0 amide bonds. The van der Waals surface area contributed by atoms with Gasteiger partial charge < -0.3 is 14.2 Å². The molecule has 0 aliphatic heterocycles. The van der Waals surface area contributed by atoms with E-state index in [0.29, 0.717) is 19.3 Å². The van der Waals surface area contributed by atoms with E-state index in [0.717, 1.165) is 70.6 Å². The van der Waals surface area contributed by atoms with Crippen molar-refractivity contribution in [3.05, 3.63) is 36.5 Å². The molecule has 0 rings (SSSR count). The van der Waals surface area contributed by atoms with Crippen molar-refractivity contribution < 1.29 is 28.6 Å².